The second-order valence-electron chi connectivity index (χ2n) is 2.97. The lowest BCUT2D eigenvalue weighted by molar-refractivity contribution is 0.0768. The van der Waals surface area contributed by atoms with Crippen molar-refractivity contribution in [1.29, 1.82) is 0 Å². The van der Waals surface area contributed by atoms with Gasteiger partial charge in [-0.15, -0.1) is 0 Å². The molecule has 1 atom stereocenters. The predicted molar refractivity (Wildman–Crippen MR) is 50.8 cm³/mol. The van der Waals surface area contributed by atoms with Crippen molar-refractivity contribution in [2.24, 2.45) is 0 Å². The molecular weight excluding hydrogens is 188 g/mol. The Morgan fingerprint density at radius 3 is 3.23 bits per heavy atom. The lowest BCUT2D eigenvalue weighted by Gasteiger charge is -2.24. The monoisotopic (exact) mass is 198 g/mol. The molecule has 1 aromatic rings. The Bertz CT molecular complexity index is 287. The number of halogens is 1. The van der Waals surface area contributed by atoms with Crippen LogP contribution in [-0.2, 0) is 4.74 Å². The summed E-state index contributed by atoms with van der Waals surface area (Å²) in [4.78, 5) is 4.02. The number of pyridine rings is 1. The highest BCUT2D eigenvalue weighted by Crippen LogP contribution is 2.21. The standard InChI is InChI=1S/C9H11ClN2O/c10-9-7(2-1-3-12-9)8-6-13-5-4-11-8/h1-3,8,11H,4-6H2. The molecule has 0 radical (unpaired) electrons. The highest BCUT2D eigenvalue weighted by molar-refractivity contribution is 6.30. The maximum atomic E-state index is 5.95. The summed E-state index contributed by atoms with van der Waals surface area (Å²) >= 11 is 5.95. The van der Waals surface area contributed by atoms with Crippen LogP contribution in [0.25, 0.3) is 0 Å². The molecule has 1 aliphatic heterocycles. The Hall–Kier alpha value is -0.640. The summed E-state index contributed by atoms with van der Waals surface area (Å²) in [5, 5.41) is 3.89. The number of rotatable bonds is 1. The van der Waals surface area contributed by atoms with Crippen LogP contribution in [0.3, 0.4) is 0 Å². The van der Waals surface area contributed by atoms with E-state index in [1.54, 1.807) is 6.20 Å². The van der Waals surface area contributed by atoms with Crippen molar-refractivity contribution in [2.45, 2.75) is 6.04 Å². The van der Waals surface area contributed by atoms with Crippen molar-refractivity contribution in [3.8, 4) is 0 Å². The van der Waals surface area contributed by atoms with Crippen molar-refractivity contribution in [3.63, 3.8) is 0 Å². The molecule has 0 bridgehead atoms. The van der Waals surface area contributed by atoms with E-state index in [0.717, 1.165) is 18.7 Å². The first kappa shape index (κ1) is 8.94. The molecule has 1 saturated heterocycles. The summed E-state index contributed by atoms with van der Waals surface area (Å²) in [6.07, 6.45) is 1.69. The minimum Gasteiger partial charge on any atom is -0.378 e. The van der Waals surface area contributed by atoms with Crippen molar-refractivity contribution in [1.82, 2.24) is 10.3 Å². The summed E-state index contributed by atoms with van der Waals surface area (Å²) in [6, 6.07) is 4.05. The van der Waals surface area contributed by atoms with E-state index in [2.05, 4.69) is 10.3 Å². The SMILES string of the molecule is Clc1ncccc1C1COCCN1. The lowest BCUT2D eigenvalue weighted by Crippen LogP contribution is -2.34. The highest BCUT2D eigenvalue weighted by Gasteiger charge is 2.17. The minimum absolute atomic E-state index is 0.190. The fourth-order valence-corrected chi connectivity index (χ4v) is 1.67. The second kappa shape index (κ2) is 4.05. The van der Waals surface area contributed by atoms with E-state index in [1.807, 2.05) is 12.1 Å². The molecule has 4 heteroatoms. The molecule has 1 N–H and O–H groups in total. The van der Waals surface area contributed by atoms with Gasteiger partial charge in [0.05, 0.1) is 19.3 Å². The Balaban J connectivity index is 2.18. The zero-order valence-corrected chi connectivity index (χ0v) is 7.92. The maximum absolute atomic E-state index is 5.95. The minimum atomic E-state index is 0.190. The van der Waals surface area contributed by atoms with Crippen molar-refractivity contribution in [2.75, 3.05) is 19.8 Å². The molecule has 0 saturated carbocycles. The van der Waals surface area contributed by atoms with Gasteiger partial charge in [-0.3, -0.25) is 0 Å². The fraction of sp³-hybridized carbons (Fsp3) is 0.444. The molecule has 2 rings (SSSR count). The van der Waals surface area contributed by atoms with Crippen molar-refractivity contribution >= 4 is 11.6 Å². The number of aromatic nitrogens is 1. The molecule has 0 aliphatic carbocycles. The van der Waals surface area contributed by atoms with Gasteiger partial charge in [0.25, 0.3) is 0 Å². The smallest absolute Gasteiger partial charge is 0.133 e. The van der Waals surface area contributed by atoms with E-state index in [-0.39, 0.29) is 6.04 Å². The third-order valence-corrected chi connectivity index (χ3v) is 2.40. The van der Waals surface area contributed by atoms with Crippen LogP contribution < -0.4 is 5.32 Å². The Labute approximate surface area is 82.1 Å². The first-order valence-corrected chi connectivity index (χ1v) is 4.67. The molecule has 1 unspecified atom stereocenters. The summed E-state index contributed by atoms with van der Waals surface area (Å²) in [5.74, 6) is 0. The van der Waals surface area contributed by atoms with Gasteiger partial charge in [-0.2, -0.15) is 0 Å². The number of nitrogens with zero attached hydrogens (tertiary/aromatic N) is 1. The average molecular weight is 199 g/mol. The number of hydrogen-bond donors (Lipinski definition) is 1. The fourth-order valence-electron chi connectivity index (χ4n) is 1.42. The average Bonchev–Trinajstić information content (AvgIpc) is 2.20. The van der Waals surface area contributed by atoms with Gasteiger partial charge in [-0.05, 0) is 6.07 Å². The van der Waals surface area contributed by atoms with Gasteiger partial charge in [-0.1, -0.05) is 17.7 Å². The molecule has 3 nitrogen and oxygen atoms in total. The summed E-state index contributed by atoms with van der Waals surface area (Å²) in [6.45, 7) is 2.32. The van der Waals surface area contributed by atoms with Crippen molar-refractivity contribution in [3.05, 3.63) is 29.0 Å². The third-order valence-electron chi connectivity index (χ3n) is 2.09. The van der Waals surface area contributed by atoms with Crippen LogP contribution >= 0.6 is 11.6 Å². The van der Waals surface area contributed by atoms with Crippen molar-refractivity contribution < 1.29 is 4.74 Å². The van der Waals surface area contributed by atoms with Gasteiger partial charge in [-0.25, -0.2) is 4.98 Å². The van der Waals surface area contributed by atoms with E-state index in [4.69, 9.17) is 16.3 Å². The first-order chi connectivity index (χ1) is 6.38. The van der Waals surface area contributed by atoms with Gasteiger partial charge in [0.2, 0.25) is 0 Å². The van der Waals surface area contributed by atoms with E-state index in [1.165, 1.54) is 0 Å². The normalized spacial score (nSPS) is 23.0. The van der Waals surface area contributed by atoms with Crippen LogP contribution in [0.4, 0.5) is 0 Å². The lowest BCUT2D eigenvalue weighted by atomic mass is 10.1. The zero-order valence-electron chi connectivity index (χ0n) is 7.16. The molecular formula is C9H11ClN2O. The maximum Gasteiger partial charge on any atom is 0.133 e. The highest BCUT2D eigenvalue weighted by atomic mass is 35.5. The Kier molecular flexibility index (Phi) is 2.78. The molecule has 1 fully saturated rings. The molecule has 0 spiro atoms. The number of ether oxygens (including phenoxy) is 1. The Morgan fingerprint density at radius 1 is 1.62 bits per heavy atom. The number of morpholine rings is 1. The molecule has 0 amide bonds. The molecule has 0 aromatic carbocycles. The topological polar surface area (TPSA) is 34.1 Å². The van der Waals surface area contributed by atoms with E-state index < -0.39 is 0 Å². The molecule has 1 aliphatic rings. The quantitative estimate of drug-likeness (QED) is 0.693. The van der Waals surface area contributed by atoms with Crippen LogP contribution in [0.15, 0.2) is 18.3 Å². The van der Waals surface area contributed by atoms with E-state index in [0.29, 0.717) is 11.8 Å². The molecule has 70 valence electrons. The summed E-state index contributed by atoms with van der Waals surface area (Å²) in [7, 11) is 0. The van der Waals surface area contributed by atoms with Gasteiger partial charge >= 0.3 is 0 Å². The number of hydrogen-bond acceptors (Lipinski definition) is 3. The van der Waals surface area contributed by atoms with Gasteiger partial charge in [0.1, 0.15) is 5.15 Å². The molecule has 2 heterocycles. The number of nitrogens with one attached hydrogen (secondary N) is 1. The first-order valence-electron chi connectivity index (χ1n) is 4.29. The summed E-state index contributed by atoms with van der Waals surface area (Å²) in [5.41, 5.74) is 1.02. The van der Waals surface area contributed by atoms with Gasteiger partial charge in [0, 0.05) is 18.3 Å². The molecule has 13 heavy (non-hydrogen) atoms. The predicted octanol–water partition coefficient (Wildman–Crippen LogP) is 1.40. The second-order valence-corrected chi connectivity index (χ2v) is 3.32. The zero-order chi connectivity index (χ0) is 9.10. The molecule has 1 aromatic heterocycles. The van der Waals surface area contributed by atoms with Crippen LogP contribution in [0.1, 0.15) is 11.6 Å². The summed E-state index contributed by atoms with van der Waals surface area (Å²) < 4.78 is 5.34. The van der Waals surface area contributed by atoms with Crippen LogP contribution in [0.2, 0.25) is 5.15 Å². The van der Waals surface area contributed by atoms with E-state index in [9.17, 15) is 0 Å². The van der Waals surface area contributed by atoms with Gasteiger partial charge in [0.15, 0.2) is 0 Å². The largest absolute Gasteiger partial charge is 0.378 e. The Morgan fingerprint density at radius 2 is 2.54 bits per heavy atom. The van der Waals surface area contributed by atoms with Crippen LogP contribution in [-0.4, -0.2) is 24.7 Å². The third kappa shape index (κ3) is 1.99. The van der Waals surface area contributed by atoms with Crippen LogP contribution in [0, 0.1) is 0 Å². The van der Waals surface area contributed by atoms with E-state index >= 15 is 0 Å². The van der Waals surface area contributed by atoms with Gasteiger partial charge < -0.3 is 10.1 Å². The van der Waals surface area contributed by atoms with Crippen LogP contribution in [0.5, 0.6) is 0 Å².